The summed E-state index contributed by atoms with van der Waals surface area (Å²) in [5.41, 5.74) is 0.412. The zero-order valence-corrected chi connectivity index (χ0v) is 12.1. The van der Waals surface area contributed by atoms with Crippen molar-refractivity contribution in [3.63, 3.8) is 0 Å². The summed E-state index contributed by atoms with van der Waals surface area (Å²) in [6.07, 6.45) is 2.67. The molecule has 0 spiro atoms. The van der Waals surface area contributed by atoms with Crippen molar-refractivity contribution in [3.05, 3.63) is 24.3 Å². The third kappa shape index (κ3) is 4.91. The number of rotatable bonds is 6. The Morgan fingerprint density at radius 1 is 1.20 bits per heavy atom. The molecule has 0 atom stereocenters. The van der Waals surface area contributed by atoms with Gasteiger partial charge < -0.3 is 15.3 Å². The van der Waals surface area contributed by atoms with Gasteiger partial charge in [0.25, 0.3) is 0 Å². The molecule has 0 aliphatic heterocycles. The first kappa shape index (κ1) is 16.0. The lowest BCUT2D eigenvalue weighted by Crippen LogP contribution is -2.40. The number of anilines is 1. The molecule has 0 saturated carbocycles. The van der Waals surface area contributed by atoms with E-state index in [2.05, 4.69) is 5.32 Å². The number of unbranched alkanes of at least 4 members (excludes halogenated alkanes) is 1. The lowest BCUT2D eigenvalue weighted by Gasteiger charge is -2.21. The number of carbonyl (C=O) groups is 2. The third-order valence-electron chi connectivity index (χ3n) is 2.86. The van der Waals surface area contributed by atoms with Crippen molar-refractivity contribution in [2.45, 2.75) is 33.1 Å². The summed E-state index contributed by atoms with van der Waals surface area (Å²) in [6, 6.07) is 6.14. The van der Waals surface area contributed by atoms with Crippen LogP contribution in [0, 0.1) is 0 Å². The molecule has 110 valence electrons. The van der Waals surface area contributed by atoms with E-state index < -0.39 is 11.8 Å². The summed E-state index contributed by atoms with van der Waals surface area (Å²) < 4.78 is 0. The lowest BCUT2D eigenvalue weighted by atomic mass is 10.2. The van der Waals surface area contributed by atoms with Crippen LogP contribution in [0.1, 0.15) is 33.1 Å². The molecule has 1 aromatic carbocycles. The molecule has 5 nitrogen and oxygen atoms in total. The number of benzene rings is 1. The van der Waals surface area contributed by atoms with Crippen molar-refractivity contribution in [1.82, 2.24) is 4.90 Å². The second-order valence-electron chi connectivity index (χ2n) is 4.65. The molecule has 0 heterocycles. The van der Waals surface area contributed by atoms with Gasteiger partial charge in [0.2, 0.25) is 0 Å². The third-order valence-corrected chi connectivity index (χ3v) is 2.86. The standard InChI is InChI=1S/C15H22N2O3/c1-3-5-10-17(9-4-2)15(20)14(19)16-12-7-6-8-13(18)11-12/h6-8,11,18H,3-5,9-10H2,1-2H3,(H,16,19). The SMILES string of the molecule is CCCCN(CCC)C(=O)C(=O)Nc1cccc(O)c1. The van der Waals surface area contributed by atoms with Crippen LogP contribution in [0.3, 0.4) is 0 Å². The minimum absolute atomic E-state index is 0.0478. The van der Waals surface area contributed by atoms with Gasteiger partial charge in [-0.25, -0.2) is 0 Å². The van der Waals surface area contributed by atoms with E-state index in [0.717, 1.165) is 19.3 Å². The van der Waals surface area contributed by atoms with Crippen molar-refractivity contribution in [2.75, 3.05) is 18.4 Å². The largest absolute Gasteiger partial charge is 0.508 e. The quantitative estimate of drug-likeness (QED) is 0.785. The Morgan fingerprint density at radius 3 is 2.55 bits per heavy atom. The minimum atomic E-state index is -0.667. The number of carbonyl (C=O) groups excluding carboxylic acids is 2. The highest BCUT2D eigenvalue weighted by Gasteiger charge is 2.20. The number of nitrogens with zero attached hydrogens (tertiary/aromatic N) is 1. The van der Waals surface area contributed by atoms with Gasteiger partial charge in [-0.3, -0.25) is 9.59 Å². The van der Waals surface area contributed by atoms with Crippen molar-refractivity contribution < 1.29 is 14.7 Å². The first-order valence-electron chi connectivity index (χ1n) is 6.97. The highest BCUT2D eigenvalue weighted by Crippen LogP contribution is 2.15. The molecule has 0 radical (unpaired) electrons. The molecule has 1 aromatic rings. The van der Waals surface area contributed by atoms with Gasteiger partial charge in [-0.05, 0) is 25.0 Å². The van der Waals surface area contributed by atoms with E-state index in [4.69, 9.17) is 0 Å². The number of phenolic OH excluding ortho intramolecular Hbond substituents is 1. The molecule has 0 aliphatic rings. The molecule has 0 fully saturated rings. The molecule has 1 rings (SSSR count). The topological polar surface area (TPSA) is 69.6 Å². The molecular weight excluding hydrogens is 256 g/mol. The van der Waals surface area contributed by atoms with Crippen molar-refractivity contribution >= 4 is 17.5 Å². The van der Waals surface area contributed by atoms with E-state index in [-0.39, 0.29) is 5.75 Å². The first-order valence-corrected chi connectivity index (χ1v) is 6.97. The number of aromatic hydroxyl groups is 1. The smallest absolute Gasteiger partial charge is 0.313 e. The van der Waals surface area contributed by atoms with Gasteiger partial charge in [0.1, 0.15) is 5.75 Å². The van der Waals surface area contributed by atoms with Gasteiger partial charge in [0, 0.05) is 24.8 Å². The maximum atomic E-state index is 12.1. The van der Waals surface area contributed by atoms with E-state index in [9.17, 15) is 14.7 Å². The molecule has 0 bridgehead atoms. The summed E-state index contributed by atoms with van der Waals surface area (Å²) in [5.74, 6) is -1.14. The van der Waals surface area contributed by atoms with E-state index in [1.807, 2.05) is 13.8 Å². The second kappa shape index (κ2) is 8.19. The zero-order valence-electron chi connectivity index (χ0n) is 12.1. The van der Waals surface area contributed by atoms with Gasteiger partial charge in [-0.1, -0.05) is 26.3 Å². The molecule has 2 amide bonds. The lowest BCUT2D eigenvalue weighted by molar-refractivity contribution is -0.143. The monoisotopic (exact) mass is 278 g/mol. The van der Waals surface area contributed by atoms with Crippen LogP contribution in [-0.2, 0) is 9.59 Å². The number of hydrogen-bond acceptors (Lipinski definition) is 3. The normalized spacial score (nSPS) is 10.1. The van der Waals surface area contributed by atoms with Gasteiger partial charge >= 0.3 is 11.8 Å². The van der Waals surface area contributed by atoms with Crippen molar-refractivity contribution in [3.8, 4) is 5.75 Å². The zero-order chi connectivity index (χ0) is 15.0. The molecule has 20 heavy (non-hydrogen) atoms. The number of amides is 2. The fraction of sp³-hybridized carbons (Fsp3) is 0.467. The molecular formula is C15H22N2O3. The number of hydrogen-bond donors (Lipinski definition) is 2. The molecule has 2 N–H and O–H groups in total. The molecule has 0 unspecified atom stereocenters. The first-order chi connectivity index (χ1) is 9.58. The second-order valence-corrected chi connectivity index (χ2v) is 4.65. The van der Waals surface area contributed by atoms with Gasteiger partial charge in [-0.15, -0.1) is 0 Å². The minimum Gasteiger partial charge on any atom is -0.508 e. The maximum Gasteiger partial charge on any atom is 0.313 e. The Kier molecular flexibility index (Phi) is 6.56. The van der Waals surface area contributed by atoms with Gasteiger partial charge in [-0.2, -0.15) is 0 Å². The van der Waals surface area contributed by atoms with E-state index in [1.165, 1.54) is 12.1 Å². The van der Waals surface area contributed by atoms with Gasteiger partial charge in [0.05, 0.1) is 0 Å². The highest BCUT2D eigenvalue weighted by molar-refractivity contribution is 6.39. The molecule has 0 saturated heterocycles. The predicted molar refractivity (Wildman–Crippen MR) is 78.5 cm³/mol. The van der Waals surface area contributed by atoms with Crippen LogP contribution in [0.5, 0.6) is 5.75 Å². The van der Waals surface area contributed by atoms with E-state index in [1.54, 1.807) is 17.0 Å². The summed E-state index contributed by atoms with van der Waals surface area (Å²) in [6.45, 7) is 5.18. The van der Waals surface area contributed by atoms with Crippen LogP contribution in [0.4, 0.5) is 5.69 Å². The fourth-order valence-corrected chi connectivity index (χ4v) is 1.85. The van der Waals surface area contributed by atoms with Crippen LogP contribution in [0.25, 0.3) is 0 Å². The summed E-state index contributed by atoms with van der Waals surface area (Å²) in [5, 5.41) is 11.8. The number of nitrogens with one attached hydrogen (secondary N) is 1. The Morgan fingerprint density at radius 2 is 1.95 bits per heavy atom. The highest BCUT2D eigenvalue weighted by atomic mass is 16.3. The average Bonchev–Trinajstić information content (AvgIpc) is 2.42. The Hall–Kier alpha value is -2.04. The summed E-state index contributed by atoms with van der Waals surface area (Å²) >= 11 is 0. The van der Waals surface area contributed by atoms with Crippen LogP contribution >= 0.6 is 0 Å². The fourth-order valence-electron chi connectivity index (χ4n) is 1.85. The van der Waals surface area contributed by atoms with E-state index in [0.29, 0.717) is 18.8 Å². The van der Waals surface area contributed by atoms with Crippen molar-refractivity contribution in [2.24, 2.45) is 0 Å². The van der Waals surface area contributed by atoms with E-state index >= 15 is 0 Å². The summed E-state index contributed by atoms with van der Waals surface area (Å²) in [4.78, 5) is 25.6. The summed E-state index contributed by atoms with van der Waals surface area (Å²) in [7, 11) is 0. The van der Waals surface area contributed by atoms with Gasteiger partial charge in [0.15, 0.2) is 0 Å². The number of phenols is 1. The van der Waals surface area contributed by atoms with Crippen molar-refractivity contribution in [1.29, 1.82) is 0 Å². The molecule has 5 heteroatoms. The van der Waals surface area contributed by atoms with Crippen LogP contribution in [-0.4, -0.2) is 34.9 Å². The Bertz CT molecular complexity index is 460. The molecule has 0 aliphatic carbocycles. The van der Waals surface area contributed by atoms with Crippen LogP contribution in [0.15, 0.2) is 24.3 Å². The van der Waals surface area contributed by atoms with Crippen LogP contribution in [0.2, 0.25) is 0 Å². The van der Waals surface area contributed by atoms with Crippen LogP contribution < -0.4 is 5.32 Å². The molecule has 0 aromatic heterocycles. The Balaban J connectivity index is 2.66. The predicted octanol–water partition coefficient (Wildman–Crippen LogP) is 2.37. The Labute approximate surface area is 119 Å². The maximum absolute atomic E-state index is 12.1. The average molecular weight is 278 g/mol.